The summed E-state index contributed by atoms with van der Waals surface area (Å²) in [5.41, 5.74) is 0.607. The Morgan fingerprint density at radius 1 is 1.25 bits per heavy atom. The van der Waals surface area contributed by atoms with Gasteiger partial charge in [-0.3, -0.25) is 9.36 Å². The van der Waals surface area contributed by atoms with Gasteiger partial charge in [-0.25, -0.2) is 9.97 Å². The van der Waals surface area contributed by atoms with Gasteiger partial charge in [0, 0.05) is 37.7 Å². The molecule has 1 saturated carbocycles. The van der Waals surface area contributed by atoms with Crippen molar-refractivity contribution in [1.29, 1.82) is 0 Å². The third-order valence-electron chi connectivity index (χ3n) is 6.69. The minimum absolute atomic E-state index is 0.0269. The van der Waals surface area contributed by atoms with Crippen molar-refractivity contribution in [2.24, 2.45) is 11.8 Å². The van der Waals surface area contributed by atoms with Crippen molar-refractivity contribution in [3.05, 3.63) is 55.3 Å². The zero-order valence-electron chi connectivity index (χ0n) is 18.9. The summed E-state index contributed by atoms with van der Waals surface area (Å²) in [5, 5.41) is 3.32. The molecule has 7 heteroatoms. The van der Waals surface area contributed by atoms with Crippen LogP contribution in [0.3, 0.4) is 0 Å². The van der Waals surface area contributed by atoms with Crippen LogP contribution in [0.4, 0.5) is 0 Å². The third kappa shape index (κ3) is 6.04. The molecule has 172 valence electrons. The summed E-state index contributed by atoms with van der Waals surface area (Å²) in [6.07, 6.45) is 15.8. The predicted octanol–water partition coefficient (Wildman–Crippen LogP) is 3.47. The Balaban J connectivity index is 1.32. The number of rotatable bonds is 9. The molecule has 3 atom stereocenters. The predicted molar refractivity (Wildman–Crippen MR) is 125 cm³/mol. The van der Waals surface area contributed by atoms with E-state index in [4.69, 9.17) is 4.74 Å². The van der Waals surface area contributed by atoms with Gasteiger partial charge >= 0.3 is 0 Å². The lowest BCUT2D eigenvalue weighted by molar-refractivity contribution is 0.0599. The van der Waals surface area contributed by atoms with Crippen LogP contribution < -0.4 is 5.32 Å². The largest absolute Gasteiger partial charge is 0.377 e. The van der Waals surface area contributed by atoms with Crippen molar-refractivity contribution in [1.82, 2.24) is 24.8 Å². The van der Waals surface area contributed by atoms with Crippen molar-refractivity contribution < 1.29 is 9.53 Å². The van der Waals surface area contributed by atoms with Gasteiger partial charge in [0.15, 0.2) is 0 Å². The molecule has 0 spiro atoms. The summed E-state index contributed by atoms with van der Waals surface area (Å²) < 4.78 is 7.53. The number of nitrogens with zero attached hydrogens (tertiary/aromatic N) is 4. The van der Waals surface area contributed by atoms with E-state index in [-0.39, 0.29) is 11.9 Å². The molecule has 1 N–H and O–H groups in total. The lowest BCUT2D eigenvalue weighted by atomic mass is 9.83. The van der Waals surface area contributed by atoms with Gasteiger partial charge in [-0.1, -0.05) is 18.9 Å². The van der Waals surface area contributed by atoms with Gasteiger partial charge in [-0.2, -0.15) is 0 Å². The fourth-order valence-corrected chi connectivity index (χ4v) is 5.04. The van der Waals surface area contributed by atoms with Gasteiger partial charge in [0.05, 0.1) is 18.8 Å². The fourth-order valence-electron chi connectivity index (χ4n) is 5.04. The highest BCUT2D eigenvalue weighted by Gasteiger charge is 2.30. The first-order chi connectivity index (χ1) is 15.7. The molecule has 2 aliphatic rings. The van der Waals surface area contributed by atoms with Crippen molar-refractivity contribution in [3.63, 3.8) is 0 Å². The minimum atomic E-state index is -0.0269. The standard InChI is InChI=1S/C25H35N5O2/c1-2-14-32-18-20-6-5-12-29(16-20)17-22-7-3-4-8-23(22)28-25(31)21-9-10-24(27-15-21)30-13-11-26-19-30/h2,9-11,13,15,19-20,22-23H,1,3-8,12,14,16-18H2,(H,28,31)/t20-,22?,23?/m1/s1. The SMILES string of the molecule is C=CCOC[C@@H]1CCCN(CC2CCCCC2NC(=O)c2ccc(-n3ccnc3)nc2)C1. The summed E-state index contributed by atoms with van der Waals surface area (Å²) in [6.45, 7) is 8.47. The number of carbonyl (C=O) groups is 1. The van der Waals surface area contributed by atoms with Gasteiger partial charge in [-0.15, -0.1) is 6.58 Å². The second-order valence-corrected chi connectivity index (χ2v) is 9.09. The number of pyridine rings is 1. The smallest absolute Gasteiger partial charge is 0.253 e. The summed E-state index contributed by atoms with van der Waals surface area (Å²) >= 11 is 0. The van der Waals surface area contributed by atoms with Gasteiger partial charge in [0.1, 0.15) is 12.1 Å². The molecular weight excluding hydrogens is 402 g/mol. The molecule has 2 aromatic heterocycles. The van der Waals surface area contributed by atoms with Gasteiger partial charge in [0.2, 0.25) is 0 Å². The van der Waals surface area contributed by atoms with Gasteiger partial charge in [0.25, 0.3) is 5.91 Å². The van der Waals surface area contributed by atoms with Crippen LogP contribution in [-0.2, 0) is 4.74 Å². The number of ether oxygens (including phenoxy) is 1. The third-order valence-corrected chi connectivity index (χ3v) is 6.69. The van der Waals surface area contributed by atoms with E-state index < -0.39 is 0 Å². The molecule has 1 aliphatic heterocycles. The summed E-state index contributed by atoms with van der Waals surface area (Å²) in [6, 6.07) is 3.92. The van der Waals surface area contributed by atoms with Gasteiger partial charge < -0.3 is 15.0 Å². The second-order valence-electron chi connectivity index (χ2n) is 9.09. The zero-order chi connectivity index (χ0) is 22.2. The zero-order valence-corrected chi connectivity index (χ0v) is 18.9. The quantitative estimate of drug-likeness (QED) is 0.480. The molecule has 4 rings (SSSR count). The summed E-state index contributed by atoms with van der Waals surface area (Å²) in [4.78, 5) is 24.0. The molecule has 2 aromatic rings. The number of piperidine rings is 1. The lowest BCUT2D eigenvalue weighted by Gasteiger charge is -2.39. The van der Waals surface area contributed by atoms with Crippen molar-refractivity contribution in [3.8, 4) is 5.82 Å². The first-order valence-electron chi connectivity index (χ1n) is 11.9. The first-order valence-corrected chi connectivity index (χ1v) is 11.9. The Kier molecular flexibility index (Phi) is 8.07. The Morgan fingerprint density at radius 2 is 2.16 bits per heavy atom. The number of amides is 1. The van der Waals surface area contributed by atoms with E-state index in [0.717, 1.165) is 38.5 Å². The van der Waals surface area contributed by atoms with Crippen LogP contribution in [0.5, 0.6) is 0 Å². The van der Waals surface area contributed by atoms with Crippen LogP contribution in [0, 0.1) is 11.8 Å². The maximum Gasteiger partial charge on any atom is 0.253 e. The minimum Gasteiger partial charge on any atom is -0.377 e. The molecule has 2 unspecified atom stereocenters. The van der Waals surface area contributed by atoms with Crippen LogP contribution in [-0.4, -0.2) is 64.2 Å². The molecule has 0 bridgehead atoms. The Labute approximate surface area is 190 Å². The molecule has 7 nitrogen and oxygen atoms in total. The highest BCUT2D eigenvalue weighted by atomic mass is 16.5. The number of nitrogens with one attached hydrogen (secondary N) is 1. The Morgan fingerprint density at radius 3 is 2.94 bits per heavy atom. The van der Waals surface area contributed by atoms with Crippen molar-refractivity contribution in [2.45, 2.75) is 44.6 Å². The van der Waals surface area contributed by atoms with Crippen LogP contribution in [0.15, 0.2) is 49.7 Å². The highest BCUT2D eigenvalue weighted by Crippen LogP contribution is 2.27. The average molecular weight is 438 g/mol. The highest BCUT2D eigenvalue weighted by molar-refractivity contribution is 5.94. The number of aromatic nitrogens is 3. The monoisotopic (exact) mass is 437 g/mol. The molecule has 0 aromatic carbocycles. The van der Waals surface area contributed by atoms with E-state index in [1.165, 1.54) is 32.1 Å². The van der Waals surface area contributed by atoms with E-state index in [2.05, 4.69) is 26.8 Å². The molecule has 1 aliphatic carbocycles. The molecule has 0 radical (unpaired) electrons. The number of imidazole rings is 1. The number of carbonyl (C=O) groups excluding carboxylic acids is 1. The molecular formula is C25H35N5O2. The molecule has 1 amide bonds. The molecule has 32 heavy (non-hydrogen) atoms. The molecule has 2 fully saturated rings. The fraction of sp³-hybridized carbons (Fsp3) is 0.560. The summed E-state index contributed by atoms with van der Waals surface area (Å²) in [7, 11) is 0. The normalized spacial score (nSPS) is 24.2. The van der Waals surface area contributed by atoms with Gasteiger partial charge in [-0.05, 0) is 56.2 Å². The lowest BCUT2D eigenvalue weighted by Crippen LogP contribution is -2.48. The van der Waals surface area contributed by atoms with Crippen molar-refractivity contribution in [2.75, 3.05) is 32.8 Å². The summed E-state index contributed by atoms with van der Waals surface area (Å²) in [5.74, 6) is 1.83. The van der Waals surface area contributed by atoms with Crippen molar-refractivity contribution >= 4 is 5.91 Å². The van der Waals surface area contributed by atoms with E-state index in [1.807, 2.05) is 29.0 Å². The van der Waals surface area contributed by atoms with Crippen LogP contribution in [0.2, 0.25) is 0 Å². The Bertz CT molecular complexity index is 852. The van der Waals surface area contributed by atoms with Crippen LogP contribution >= 0.6 is 0 Å². The maximum atomic E-state index is 12.9. The van der Waals surface area contributed by atoms with E-state index in [0.29, 0.717) is 24.0 Å². The van der Waals surface area contributed by atoms with E-state index in [9.17, 15) is 4.79 Å². The molecule has 3 heterocycles. The molecule has 1 saturated heterocycles. The first kappa shape index (κ1) is 22.7. The maximum absolute atomic E-state index is 12.9. The van der Waals surface area contributed by atoms with E-state index >= 15 is 0 Å². The average Bonchev–Trinajstić information content (AvgIpc) is 3.36. The number of hydrogen-bond donors (Lipinski definition) is 1. The second kappa shape index (κ2) is 11.4. The van der Waals surface area contributed by atoms with Crippen LogP contribution in [0.25, 0.3) is 5.82 Å². The van der Waals surface area contributed by atoms with Crippen LogP contribution in [0.1, 0.15) is 48.9 Å². The number of hydrogen-bond acceptors (Lipinski definition) is 5. The van der Waals surface area contributed by atoms with E-state index in [1.54, 1.807) is 18.7 Å². The Hall–Kier alpha value is -2.51. The topological polar surface area (TPSA) is 72.3 Å². The number of likely N-dealkylation sites (tertiary alicyclic amines) is 1.